The summed E-state index contributed by atoms with van der Waals surface area (Å²) >= 11 is 0. The van der Waals surface area contributed by atoms with Crippen LogP contribution in [-0.4, -0.2) is 22.9 Å². The zero-order valence-corrected chi connectivity index (χ0v) is 13.9. The second-order valence-corrected chi connectivity index (χ2v) is 5.46. The number of anilines is 1. The lowest BCUT2D eigenvalue weighted by Crippen LogP contribution is -2.30. The molecule has 128 valence electrons. The number of amides is 2. The summed E-state index contributed by atoms with van der Waals surface area (Å²) in [5, 5.41) is 11.0. The Kier molecular flexibility index (Phi) is 4.65. The van der Waals surface area contributed by atoms with Gasteiger partial charge in [-0.25, -0.2) is 9.48 Å². The number of aryl methyl sites for hydroxylation is 1. The first-order chi connectivity index (χ1) is 12.1. The van der Waals surface area contributed by atoms with Crippen LogP contribution < -0.4 is 20.9 Å². The van der Waals surface area contributed by atoms with E-state index < -0.39 is 0 Å². The molecule has 0 atom stereocenters. The Balaban J connectivity index is 1.75. The van der Waals surface area contributed by atoms with Gasteiger partial charge in [0.25, 0.3) is 5.56 Å². The Morgan fingerprint density at radius 3 is 2.68 bits per heavy atom. The molecule has 2 aromatic carbocycles. The Morgan fingerprint density at radius 1 is 1.16 bits per heavy atom. The van der Waals surface area contributed by atoms with E-state index in [1.165, 1.54) is 4.68 Å². The molecule has 0 fully saturated rings. The largest absolute Gasteiger partial charge is 0.497 e. The van der Waals surface area contributed by atoms with Gasteiger partial charge in [0.2, 0.25) is 0 Å². The fourth-order valence-electron chi connectivity index (χ4n) is 2.55. The maximum atomic E-state index is 12.1. The molecule has 3 rings (SSSR count). The number of urea groups is 1. The fourth-order valence-corrected chi connectivity index (χ4v) is 2.55. The smallest absolute Gasteiger partial charge is 0.319 e. The van der Waals surface area contributed by atoms with Crippen LogP contribution in [0, 0.1) is 0 Å². The zero-order chi connectivity index (χ0) is 17.8. The quantitative estimate of drug-likeness (QED) is 0.764. The molecule has 0 radical (unpaired) electrons. The Bertz CT molecular complexity index is 981. The van der Waals surface area contributed by atoms with E-state index in [0.717, 1.165) is 5.39 Å². The van der Waals surface area contributed by atoms with Crippen molar-refractivity contribution >= 4 is 22.5 Å². The summed E-state index contributed by atoms with van der Waals surface area (Å²) in [6, 6.07) is 13.9. The monoisotopic (exact) mass is 338 g/mol. The van der Waals surface area contributed by atoms with Gasteiger partial charge < -0.3 is 15.4 Å². The van der Waals surface area contributed by atoms with Crippen LogP contribution in [0.5, 0.6) is 5.75 Å². The Labute approximate surface area is 144 Å². The number of carbonyl (C=O) groups is 1. The van der Waals surface area contributed by atoms with Crippen molar-refractivity contribution in [3.63, 3.8) is 0 Å². The van der Waals surface area contributed by atoms with Crippen LogP contribution >= 0.6 is 0 Å². The molecule has 25 heavy (non-hydrogen) atoms. The van der Waals surface area contributed by atoms with Crippen molar-refractivity contribution < 1.29 is 9.53 Å². The number of carbonyl (C=O) groups excluding carboxylic acids is 1. The average molecular weight is 338 g/mol. The molecule has 0 bridgehead atoms. The minimum absolute atomic E-state index is 0.166. The van der Waals surface area contributed by atoms with Crippen LogP contribution in [-0.2, 0) is 13.6 Å². The van der Waals surface area contributed by atoms with E-state index in [1.54, 1.807) is 50.6 Å². The number of hydrogen-bond donors (Lipinski definition) is 2. The third-order valence-electron chi connectivity index (χ3n) is 3.78. The number of hydrogen-bond acceptors (Lipinski definition) is 4. The highest BCUT2D eigenvalue weighted by Crippen LogP contribution is 2.17. The van der Waals surface area contributed by atoms with Gasteiger partial charge in [-0.05, 0) is 18.2 Å². The molecule has 0 aliphatic rings. The van der Waals surface area contributed by atoms with Gasteiger partial charge in [-0.3, -0.25) is 4.79 Å². The minimum atomic E-state index is -0.368. The summed E-state index contributed by atoms with van der Waals surface area (Å²) in [5.74, 6) is 0.656. The molecule has 0 aliphatic heterocycles. The first kappa shape index (κ1) is 16.5. The minimum Gasteiger partial charge on any atom is -0.497 e. The van der Waals surface area contributed by atoms with Crippen molar-refractivity contribution in [1.82, 2.24) is 15.1 Å². The summed E-state index contributed by atoms with van der Waals surface area (Å²) in [4.78, 5) is 24.2. The maximum Gasteiger partial charge on any atom is 0.319 e. The molecule has 0 spiro atoms. The fraction of sp³-hybridized carbons (Fsp3) is 0.167. The number of rotatable bonds is 4. The van der Waals surface area contributed by atoms with Gasteiger partial charge in [-0.1, -0.05) is 24.3 Å². The summed E-state index contributed by atoms with van der Waals surface area (Å²) in [7, 11) is 3.16. The predicted molar refractivity (Wildman–Crippen MR) is 95.8 cm³/mol. The molecule has 7 heteroatoms. The predicted octanol–water partition coefficient (Wildman–Crippen LogP) is 2.26. The van der Waals surface area contributed by atoms with E-state index in [9.17, 15) is 9.59 Å². The lowest BCUT2D eigenvalue weighted by atomic mass is 10.1. The number of aromatic nitrogens is 2. The highest BCUT2D eigenvalue weighted by atomic mass is 16.5. The van der Waals surface area contributed by atoms with Gasteiger partial charge in [-0.2, -0.15) is 5.10 Å². The highest BCUT2D eigenvalue weighted by molar-refractivity contribution is 5.90. The SMILES string of the molecule is COc1cccc(NC(=O)NCc2nn(C)c(=O)c3ccccc23)c1. The van der Waals surface area contributed by atoms with Crippen LogP contribution in [0.1, 0.15) is 5.69 Å². The molecular formula is C18H18N4O3. The van der Waals surface area contributed by atoms with E-state index in [1.807, 2.05) is 12.1 Å². The molecule has 0 aliphatic carbocycles. The topological polar surface area (TPSA) is 85.2 Å². The summed E-state index contributed by atoms with van der Waals surface area (Å²) in [6.45, 7) is 0.199. The van der Waals surface area contributed by atoms with Crippen LogP contribution in [0.3, 0.4) is 0 Å². The number of fused-ring (bicyclic) bond motifs is 1. The molecule has 2 N–H and O–H groups in total. The second-order valence-electron chi connectivity index (χ2n) is 5.46. The molecule has 3 aromatic rings. The Hall–Kier alpha value is -3.35. The molecule has 0 unspecified atom stereocenters. The third kappa shape index (κ3) is 3.60. The van der Waals surface area contributed by atoms with Crippen molar-refractivity contribution in [1.29, 1.82) is 0 Å². The van der Waals surface area contributed by atoms with E-state index in [0.29, 0.717) is 22.5 Å². The number of nitrogens with zero attached hydrogens (tertiary/aromatic N) is 2. The van der Waals surface area contributed by atoms with Crippen molar-refractivity contribution in [3.05, 3.63) is 64.6 Å². The zero-order valence-electron chi connectivity index (χ0n) is 13.9. The number of ether oxygens (including phenoxy) is 1. The second kappa shape index (κ2) is 7.04. The number of nitrogens with one attached hydrogen (secondary N) is 2. The van der Waals surface area contributed by atoms with Gasteiger partial charge in [0.15, 0.2) is 0 Å². The normalized spacial score (nSPS) is 10.5. The number of benzene rings is 2. The molecule has 7 nitrogen and oxygen atoms in total. The molecule has 1 aromatic heterocycles. The molecule has 1 heterocycles. The van der Waals surface area contributed by atoms with Crippen molar-refractivity contribution in [3.8, 4) is 5.75 Å². The third-order valence-corrected chi connectivity index (χ3v) is 3.78. The summed E-state index contributed by atoms with van der Waals surface area (Å²) in [5.41, 5.74) is 1.08. The van der Waals surface area contributed by atoms with Crippen LogP contribution in [0.15, 0.2) is 53.3 Å². The standard InChI is InChI=1S/C18H18N4O3/c1-22-17(23)15-9-4-3-8-14(15)16(21-22)11-19-18(24)20-12-6-5-7-13(10-12)25-2/h3-10H,11H2,1-2H3,(H2,19,20,24). The van der Waals surface area contributed by atoms with Crippen molar-refractivity contribution in [2.75, 3.05) is 12.4 Å². The first-order valence-corrected chi connectivity index (χ1v) is 7.72. The lowest BCUT2D eigenvalue weighted by molar-refractivity contribution is 0.251. The highest BCUT2D eigenvalue weighted by Gasteiger charge is 2.10. The van der Waals surface area contributed by atoms with Gasteiger partial charge in [0.1, 0.15) is 5.75 Å². The molecule has 2 amide bonds. The summed E-state index contributed by atoms with van der Waals surface area (Å²) in [6.07, 6.45) is 0. The molecular weight excluding hydrogens is 320 g/mol. The number of methoxy groups -OCH3 is 1. The van der Waals surface area contributed by atoms with Crippen LogP contribution in [0.4, 0.5) is 10.5 Å². The Morgan fingerprint density at radius 2 is 1.92 bits per heavy atom. The van der Waals surface area contributed by atoms with E-state index in [-0.39, 0.29) is 18.1 Å². The molecule has 0 saturated heterocycles. The lowest BCUT2D eigenvalue weighted by Gasteiger charge is -2.11. The van der Waals surface area contributed by atoms with Gasteiger partial charge in [-0.15, -0.1) is 0 Å². The van der Waals surface area contributed by atoms with Crippen molar-refractivity contribution in [2.45, 2.75) is 6.54 Å². The van der Waals surface area contributed by atoms with Gasteiger partial charge in [0.05, 0.1) is 24.7 Å². The maximum absolute atomic E-state index is 12.1. The van der Waals surface area contributed by atoms with Crippen LogP contribution in [0.25, 0.3) is 10.8 Å². The average Bonchev–Trinajstić information content (AvgIpc) is 2.63. The van der Waals surface area contributed by atoms with E-state index >= 15 is 0 Å². The van der Waals surface area contributed by atoms with Crippen molar-refractivity contribution in [2.24, 2.45) is 7.05 Å². The first-order valence-electron chi connectivity index (χ1n) is 7.72. The summed E-state index contributed by atoms with van der Waals surface area (Å²) < 4.78 is 6.40. The molecule has 0 saturated carbocycles. The van der Waals surface area contributed by atoms with Crippen LogP contribution in [0.2, 0.25) is 0 Å². The van der Waals surface area contributed by atoms with E-state index in [4.69, 9.17) is 4.74 Å². The van der Waals surface area contributed by atoms with Gasteiger partial charge in [0, 0.05) is 24.2 Å². The van der Waals surface area contributed by atoms with Gasteiger partial charge >= 0.3 is 6.03 Å². The van der Waals surface area contributed by atoms with E-state index in [2.05, 4.69) is 15.7 Å².